The summed E-state index contributed by atoms with van der Waals surface area (Å²) in [4.78, 5) is 32.3. The summed E-state index contributed by atoms with van der Waals surface area (Å²) in [5.74, 6) is 6.75. The number of methoxy groups -OCH3 is 1. The molecule has 5 aliphatic rings. The molecule has 19 rings (SSSR count). The molecule has 0 atom stereocenters. The molecular weight excluding hydrogens is 1790 g/mol. The fourth-order valence-electron chi connectivity index (χ4n) is 15.8. The van der Waals surface area contributed by atoms with E-state index in [1.807, 2.05) is 36.4 Å². The topological polar surface area (TPSA) is 38.7 Å². The van der Waals surface area contributed by atoms with Crippen LogP contribution in [0.1, 0.15) is 172 Å². The number of ketones is 1. The van der Waals surface area contributed by atoms with Gasteiger partial charge in [0.2, 0.25) is 5.78 Å². The van der Waals surface area contributed by atoms with E-state index in [2.05, 4.69) is 377 Å². The van der Waals surface area contributed by atoms with Gasteiger partial charge in [0, 0.05) is 29.8 Å². The standard InChI is InChI=1S/C24H25S.3C18H15S.C12H15OS.C11H10FNO.2C7H14.2CH4.2BrH/c1-4-10-20(11-5-1)21-16-18-24(19-17-21)25(22-12-6-2-7-13-22)23-14-8-3-9-15-23;3*1-4-10-16(11-5-1)19(17-12-6-2-7-13-17)18-14-8-3-9-15-18;13-12(10-14-8-4-5-9-14)11-6-2-1-3-7-11;1-14-8-4-5-9(10(12)7-8)11-3-2-6-13-11;2*1-7-5-3-2-4-6-7;;;;/h2-3,6-9,12-20H,1,4-5,10-11H2;3*1-15H;1-3,6-7H,4-5,8-10H2;2,4-7H,3H2,1H3;2*7H,2-6H2,1H3;2*1H4;2*1H/q5*+1;;;;;;;/p-2. The maximum absolute atomic E-state index is 13.5. The first-order chi connectivity index (χ1) is 61.2. The lowest BCUT2D eigenvalue weighted by atomic mass is 9.84. The highest BCUT2D eigenvalue weighted by molar-refractivity contribution is 7.98. The van der Waals surface area contributed by atoms with Crippen LogP contribution in [0.2, 0.25) is 0 Å². The molecular formula is C117H131Br2FNO2S5+3. The van der Waals surface area contributed by atoms with Crippen LogP contribution in [0.4, 0.5) is 4.39 Å². The Bertz CT molecular complexity index is 4670. The van der Waals surface area contributed by atoms with Crippen LogP contribution in [0.25, 0.3) is 0 Å². The molecule has 2 aliphatic heterocycles. The van der Waals surface area contributed by atoms with Crippen molar-refractivity contribution in [2.45, 2.75) is 209 Å². The number of aliphatic imine (C=N–C) groups is 1. The summed E-state index contributed by atoms with van der Waals surface area (Å²) < 4.78 is 18.4. The summed E-state index contributed by atoms with van der Waals surface area (Å²) in [7, 11) is 1.84. The van der Waals surface area contributed by atoms with Crippen LogP contribution >= 0.6 is 0 Å². The minimum Gasteiger partial charge on any atom is -1.00 e. The molecule has 14 aromatic carbocycles. The smallest absolute Gasteiger partial charge is 0.211 e. The number of carbonyl (C=O) groups is 1. The van der Waals surface area contributed by atoms with Crippen LogP contribution in [-0.2, 0) is 54.5 Å². The van der Waals surface area contributed by atoms with E-state index in [0.717, 1.165) is 34.8 Å². The van der Waals surface area contributed by atoms with Crippen molar-refractivity contribution in [3.05, 3.63) is 441 Å². The van der Waals surface area contributed by atoms with Crippen molar-refractivity contribution in [2.24, 2.45) is 16.8 Å². The molecule has 0 radical (unpaired) electrons. The molecule has 0 N–H and O–H groups in total. The van der Waals surface area contributed by atoms with Gasteiger partial charge in [0.25, 0.3) is 0 Å². The fraction of sp³-hybridized carbons (Fsp3) is 0.248. The quantitative estimate of drug-likeness (QED) is 0.0634. The monoisotopic (exact) mass is 1920 g/mol. The first-order valence-electron chi connectivity index (χ1n) is 44.6. The van der Waals surface area contributed by atoms with Crippen LogP contribution in [-0.4, -0.2) is 35.9 Å². The molecule has 3 saturated carbocycles. The number of ether oxygens (including phenoxy) is 1. The van der Waals surface area contributed by atoms with Crippen LogP contribution in [0, 0.1) is 17.7 Å². The average molecular weight is 1920 g/mol. The lowest BCUT2D eigenvalue weighted by Crippen LogP contribution is -3.00. The molecule has 11 heteroatoms. The SMILES string of the molecule is C.C.CC1CCCCC1.CC1CCCCC1.COc1ccc(C2=NC=CC2)c(F)c1.O=C(C[S+]1CCCC1)c1ccccc1.[Br-].[Br-].c1ccc([S+](c2ccccc2)c2ccc(C3CCCCC3)cc2)cc1.c1ccc([S+](c2ccccc2)c2ccccc2)cc1.c1ccc([S+](c2ccccc2)c2ccccc2)cc1.c1ccc([S+](c2ccccc2)c2ccccc2)cc1. The summed E-state index contributed by atoms with van der Waals surface area (Å²) in [6.07, 6.45) is 28.7. The largest absolute Gasteiger partial charge is 1.00 e. The number of hydrogen-bond acceptors (Lipinski definition) is 3. The van der Waals surface area contributed by atoms with Gasteiger partial charge in [-0.3, -0.25) is 9.79 Å². The molecule has 0 amide bonds. The molecule has 0 aromatic heterocycles. The van der Waals surface area contributed by atoms with E-state index in [9.17, 15) is 9.18 Å². The van der Waals surface area contributed by atoms with E-state index in [4.69, 9.17) is 4.74 Å². The highest BCUT2D eigenvalue weighted by Gasteiger charge is 2.33. The summed E-state index contributed by atoms with van der Waals surface area (Å²) in [5.41, 5.74) is 3.74. The van der Waals surface area contributed by atoms with Crippen molar-refractivity contribution in [1.29, 1.82) is 0 Å². The highest BCUT2D eigenvalue weighted by Crippen LogP contribution is 2.38. The van der Waals surface area contributed by atoms with Crippen molar-refractivity contribution < 1.29 is 47.9 Å². The molecule has 3 aliphatic carbocycles. The van der Waals surface area contributed by atoms with E-state index in [1.54, 1.807) is 18.3 Å². The van der Waals surface area contributed by atoms with Gasteiger partial charge in [0.1, 0.15) is 23.1 Å². The van der Waals surface area contributed by atoms with E-state index in [0.29, 0.717) is 34.4 Å². The normalized spacial score (nSPS) is 13.9. The van der Waals surface area contributed by atoms with Gasteiger partial charge in [-0.25, -0.2) is 4.39 Å². The Kier molecular flexibility index (Phi) is 48.5. The third-order valence-corrected chi connectivity index (χ3v) is 33.8. The summed E-state index contributed by atoms with van der Waals surface area (Å²) in [5, 5.41) is 0. The van der Waals surface area contributed by atoms with Crippen molar-refractivity contribution in [1.82, 2.24) is 0 Å². The van der Waals surface area contributed by atoms with Crippen molar-refractivity contribution >= 4 is 66.0 Å². The second kappa shape index (κ2) is 59.7. The Hall–Kier alpha value is -9.40. The zero-order valence-electron chi connectivity index (χ0n) is 73.4. The first-order valence-corrected chi connectivity index (χ1v) is 51.3. The van der Waals surface area contributed by atoms with Gasteiger partial charge in [-0.1, -0.05) is 361 Å². The minimum absolute atomic E-state index is 0. The molecule has 0 bridgehead atoms. The van der Waals surface area contributed by atoms with Crippen molar-refractivity contribution in [2.75, 3.05) is 24.4 Å². The second-order valence-electron chi connectivity index (χ2n) is 31.7. The van der Waals surface area contributed by atoms with Crippen LogP contribution in [0.3, 0.4) is 0 Å². The van der Waals surface area contributed by atoms with Crippen molar-refractivity contribution in [3.63, 3.8) is 0 Å². The number of halogens is 3. The molecule has 0 unspecified atom stereocenters. The number of rotatable bonds is 18. The fourth-order valence-corrected chi connectivity index (χ4v) is 26.5. The second-order valence-corrected chi connectivity index (χ2v) is 42.2. The van der Waals surface area contributed by atoms with Gasteiger partial charge < -0.3 is 38.7 Å². The number of hydrogen-bond donors (Lipinski definition) is 0. The zero-order valence-corrected chi connectivity index (χ0v) is 80.6. The molecule has 664 valence electrons. The minimum atomic E-state index is -0.285. The number of carbonyl (C=O) groups excluding carboxylic acids is 1. The first kappa shape index (κ1) is 104. The maximum Gasteiger partial charge on any atom is 0.211 e. The molecule has 14 aromatic rings. The number of Topliss-reactive ketones (excluding diaryl/α,β-unsaturated/α-hetero) is 1. The van der Waals surface area contributed by atoms with Gasteiger partial charge in [0.15, 0.2) is 64.5 Å². The third-order valence-electron chi connectivity index (χ3n) is 22.4. The number of benzene rings is 14. The van der Waals surface area contributed by atoms with E-state index in [-0.39, 0.29) is 98.2 Å². The van der Waals surface area contributed by atoms with E-state index < -0.39 is 0 Å². The van der Waals surface area contributed by atoms with Gasteiger partial charge in [0.05, 0.1) is 56.4 Å². The zero-order chi connectivity index (χ0) is 85.6. The predicted octanol–water partition coefficient (Wildman–Crippen LogP) is 26.5. The molecule has 1 saturated heterocycles. The Labute approximate surface area is 803 Å². The van der Waals surface area contributed by atoms with Gasteiger partial charge in [-0.2, -0.15) is 0 Å². The summed E-state index contributed by atoms with van der Waals surface area (Å²) in [6, 6.07) is 142. The summed E-state index contributed by atoms with van der Waals surface area (Å²) in [6.45, 7) is 4.72. The lowest BCUT2D eigenvalue weighted by Gasteiger charge is -2.22. The Balaban J connectivity index is 0.000000184. The average Bonchev–Trinajstić information content (AvgIpc) is 1.09. The van der Waals surface area contributed by atoms with E-state index >= 15 is 0 Å². The number of allylic oxidation sites excluding steroid dienone is 1. The van der Waals surface area contributed by atoms with Crippen LogP contribution in [0.15, 0.2) is 482 Å². The number of nitrogens with zero attached hydrogens (tertiary/aromatic N) is 1. The molecule has 4 fully saturated rings. The van der Waals surface area contributed by atoms with Gasteiger partial charge >= 0.3 is 0 Å². The lowest BCUT2D eigenvalue weighted by molar-refractivity contribution is -0.00100. The third kappa shape index (κ3) is 34.2. The Morgan fingerprint density at radius 2 is 0.594 bits per heavy atom. The molecule has 128 heavy (non-hydrogen) atoms. The summed E-state index contributed by atoms with van der Waals surface area (Å²) >= 11 is 0. The Morgan fingerprint density at radius 1 is 0.336 bits per heavy atom. The van der Waals surface area contributed by atoms with E-state index in [1.165, 1.54) is 198 Å². The van der Waals surface area contributed by atoms with Gasteiger partial charge in [-0.05, 0) is 218 Å². The van der Waals surface area contributed by atoms with Crippen molar-refractivity contribution in [3.8, 4) is 5.75 Å². The van der Waals surface area contributed by atoms with Crippen LogP contribution < -0.4 is 38.7 Å². The predicted molar refractivity (Wildman–Crippen MR) is 545 cm³/mol. The molecule has 2 heterocycles. The van der Waals surface area contributed by atoms with Crippen LogP contribution in [0.5, 0.6) is 5.75 Å². The maximum atomic E-state index is 13.5. The Morgan fingerprint density at radius 3 is 0.828 bits per heavy atom. The highest BCUT2D eigenvalue weighted by atomic mass is 79.9. The van der Waals surface area contributed by atoms with Gasteiger partial charge in [-0.15, -0.1) is 0 Å². The molecule has 3 nitrogen and oxygen atoms in total. The molecule has 0 spiro atoms.